The first-order valence-corrected chi connectivity index (χ1v) is 11.9. The minimum Gasteiger partial charge on any atom is -0.370 e. The molecule has 4 aromatic rings. The Labute approximate surface area is 203 Å². The van der Waals surface area contributed by atoms with Gasteiger partial charge in [-0.1, -0.05) is 57.9 Å². The number of nitrogens with one attached hydrogen (secondary N) is 1. The molecular weight excluding hydrogens is 542 g/mol. The zero-order valence-electron chi connectivity index (χ0n) is 17.0. The Balaban J connectivity index is 1.44. The lowest BCUT2D eigenvalue weighted by molar-refractivity contribution is 0.325. The van der Waals surface area contributed by atoms with E-state index in [0.717, 1.165) is 57.7 Å². The molecule has 2 aromatic carbocycles. The maximum atomic E-state index is 6.41. The van der Waals surface area contributed by atoms with E-state index < -0.39 is 0 Å². The minimum absolute atomic E-state index is 0.676. The summed E-state index contributed by atoms with van der Waals surface area (Å²) in [5.74, 6) is 0.889. The summed E-state index contributed by atoms with van der Waals surface area (Å²) >= 11 is 13.5. The van der Waals surface area contributed by atoms with Crippen LogP contribution in [0.4, 0.5) is 5.82 Å². The van der Waals surface area contributed by atoms with Gasteiger partial charge >= 0.3 is 0 Å². The molecule has 0 aliphatic carbocycles. The summed E-state index contributed by atoms with van der Waals surface area (Å²) in [5, 5.41) is 8.65. The molecule has 0 amide bonds. The molecule has 0 bridgehead atoms. The molecule has 1 N–H and O–H groups in total. The van der Waals surface area contributed by atoms with Crippen molar-refractivity contribution in [2.24, 2.45) is 0 Å². The third-order valence-corrected chi connectivity index (χ3v) is 6.33. The topological polar surface area (TPSA) is 45.5 Å². The molecule has 0 radical (unpaired) electrons. The first kappa shape index (κ1) is 22.3. The normalized spacial score (nSPS) is 11.4. The van der Waals surface area contributed by atoms with E-state index in [2.05, 4.69) is 72.4 Å². The third-order valence-electron chi connectivity index (χ3n) is 4.94. The first-order valence-electron chi connectivity index (χ1n) is 9.97. The van der Waals surface area contributed by atoms with Gasteiger partial charge in [0.25, 0.3) is 0 Å². The summed E-state index contributed by atoms with van der Waals surface area (Å²) in [6.45, 7) is 2.72. The van der Waals surface area contributed by atoms with Crippen molar-refractivity contribution in [1.29, 1.82) is 0 Å². The molecule has 0 atom stereocenters. The van der Waals surface area contributed by atoms with Gasteiger partial charge in [0.05, 0.1) is 16.4 Å². The number of hydrogen-bond acceptors (Lipinski definition) is 4. The van der Waals surface area contributed by atoms with Crippen molar-refractivity contribution in [3.8, 4) is 11.3 Å². The van der Waals surface area contributed by atoms with E-state index in [4.69, 9.17) is 16.6 Å². The fourth-order valence-corrected chi connectivity index (χ4v) is 4.49. The molecule has 8 heteroatoms. The van der Waals surface area contributed by atoms with Crippen molar-refractivity contribution in [3.05, 3.63) is 80.3 Å². The molecule has 4 rings (SSSR count). The molecule has 5 nitrogen and oxygen atoms in total. The van der Waals surface area contributed by atoms with Gasteiger partial charge in [0, 0.05) is 34.2 Å². The van der Waals surface area contributed by atoms with E-state index >= 15 is 0 Å². The lowest BCUT2D eigenvalue weighted by Gasteiger charge is -2.17. The highest BCUT2D eigenvalue weighted by Gasteiger charge is 2.13. The number of rotatable bonds is 8. The predicted octanol–water partition coefficient (Wildman–Crippen LogP) is 6.51. The molecule has 31 heavy (non-hydrogen) atoms. The molecular formula is C23H22Br2ClN5. The second kappa shape index (κ2) is 10.1. The van der Waals surface area contributed by atoms with Crippen LogP contribution in [0.25, 0.3) is 16.9 Å². The average Bonchev–Trinajstić information content (AvgIpc) is 3.12. The van der Waals surface area contributed by atoms with Crippen LogP contribution in [0.5, 0.6) is 0 Å². The Kier molecular flexibility index (Phi) is 7.27. The summed E-state index contributed by atoms with van der Waals surface area (Å²) in [7, 11) is 2.14. The van der Waals surface area contributed by atoms with Gasteiger partial charge in [-0.15, -0.1) is 0 Å². The quantitative estimate of drug-likeness (QED) is 0.248. The molecule has 0 spiro atoms. The number of fused-ring (bicyclic) bond motifs is 1. The molecule has 0 fully saturated rings. The molecule has 0 aliphatic heterocycles. The number of nitrogens with zero attached hydrogens (tertiary/aromatic N) is 4. The number of halogens is 3. The van der Waals surface area contributed by atoms with E-state index in [1.807, 2.05) is 40.9 Å². The van der Waals surface area contributed by atoms with Gasteiger partial charge in [-0.3, -0.25) is 0 Å². The van der Waals surface area contributed by atoms with Gasteiger partial charge in [-0.25, -0.2) is 4.98 Å². The number of aromatic nitrogens is 3. The average molecular weight is 564 g/mol. The Bertz CT molecular complexity index is 1190. The Morgan fingerprint density at radius 1 is 1.10 bits per heavy atom. The Hall–Kier alpha value is -1.93. The maximum absolute atomic E-state index is 6.41. The molecule has 160 valence electrons. The lowest BCUT2D eigenvalue weighted by Crippen LogP contribution is -2.21. The standard InChI is InChI=1S/C23H22Br2ClN5/c1-30(15-16-6-4-7-17(24)12-16)11-5-10-27-22-13-21(18-8-2-3-9-20(18)26)29-23-19(25)14-28-31(22)23/h2-4,6-9,12-14,27H,5,10-11,15H2,1H3. The zero-order valence-corrected chi connectivity index (χ0v) is 21.0. The summed E-state index contributed by atoms with van der Waals surface area (Å²) in [6.07, 6.45) is 2.76. The van der Waals surface area contributed by atoms with Crippen molar-refractivity contribution in [3.63, 3.8) is 0 Å². The first-order chi connectivity index (χ1) is 15.0. The van der Waals surface area contributed by atoms with E-state index in [-0.39, 0.29) is 0 Å². The van der Waals surface area contributed by atoms with Crippen LogP contribution in [0.3, 0.4) is 0 Å². The summed E-state index contributed by atoms with van der Waals surface area (Å²) in [5.41, 5.74) is 3.77. The fourth-order valence-electron chi connectivity index (χ4n) is 3.46. The van der Waals surface area contributed by atoms with Crippen molar-refractivity contribution >= 4 is 54.9 Å². The van der Waals surface area contributed by atoms with Gasteiger partial charge in [0.1, 0.15) is 5.82 Å². The van der Waals surface area contributed by atoms with Gasteiger partial charge in [-0.2, -0.15) is 9.61 Å². The molecule has 0 saturated heterocycles. The number of anilines is 1. The van der Waals surface area contributed by atoms with Crippen LogP contribution in [0.2, 0.25) is 5.02 Å². The van der Waals surface area contributed by atoms with Crippen LogP contribution < -0.4 is 5.32 Å². The lowest BCUT2D eigenvalue weighted by atomic mass is 10.1. The zero-order chi connectivity index (χ0) is 21.8. The SMILES string of the molecule is CN(CCCNc1cc(-c2ccccc2Cl)nc2c(Br)cnn12)Cc1cccc(Br)c1. The highest BCUT2D eigenvalue weighted by atomic mass is 79.9. The number of hydrogen-bond donors (Lipinski definition) is 1. The van der Waals surface area contributed by atoms with E-state index in [9.17, 15) is 0 Å². The second-order valence-corrected chi connectivity index (χ2v) is 9.56. The third kappa shape index (κ3) is 5.47. The van der Waals surface area contributed by atoms with Crippen molar-refractivity contribution < 1.29 is 0 Å². The van der Waals surface area contributed by atoms with Crippen LogP contribution in [0.1, 0.15) is 12.0 Å². The fraction of sp³-hybridized carbons (Fsp3) is 0.217. The van der Waals surface area contributed by atoms with E-state index in [0.29, 0.717) is 5.02 Å². The van der Waals surface area contributed by atoms with Crippen LogP contribution >= 0.6 is 43.5 Å². The molecule has 0 aliphatic rings. The van der Waals surface area contributed by atoms with E-state index in [1.54, 1.807) is 6.20 Å². The van der Waals surface area contributed by atoms with Crippen molar-refractivity contribution in [2.45, 2.75) is 13.0 Å². The smallest absolute Gasteiger partial charge is 0.172 e. The van der Waals surface area contributed by atoms with Gasteiger partial charge in [0.2, 0.25) is 0 Å². The minimum atomic E-state index is 0.676. The Morgan fingerprint density at radius 2 is 1.94 bits per heavy atom. The largest absolute Gasteiger partial charge is 0.370 e. The van der Waals surface area contributed by atoms with Crippen LogP contribution in [-0.2, 0) is 6.54 Å². The molecule has 0 saturated carbocycles. The molecule has 2 aromatic heterocycles. The van der Waals surface area contributed by atoms with Crippen LogP contribution in [0.15, 0.2) is 69.7 Å². The highest BCUT2D eigenvalue weighted by Crippen LogP contribution is 2.30. The summed E-state index contributed by atoms with van der Waals surface area (Å²) in [4.78, 5) is 7.08. The van der Waals surface area contributed by atoms with Gasteiger partial charge in [-0.05, 0) is 59.7 Å². The van der Waals surface area contributed by atoms with Crippen molar-refractivity contribution in [2.75, 3.05) is 25.5 Å². The van der Waals surface area contributed by atoms with Crippen LogP contribution in [0, 0.1) is 0 Å². The van der Waals surface area contributed by atoms with Crippen molar-refractivity contribution in [1.82, 2.24) is 19.5 Å². The predicted molar refractivity (Wildman–Crippen MR) is 135 cm³/mol. The maximum Gasteiger partial charge on any atom is 0.172 e. The summed E-state index contributed by atoms with van der Waals surface area (Å²) < 4.78 is 3.77. The Morgan fingerprint density at radius 3 is 2.74 bits per heavy atom. The monoisotopic (exact) mass is 561 g/mol. The van der Waals surface area contributed by atoms with Gasteiger partial charge < -0.3 is 10.2 Å². The van der Waals surface area contributed by atoms with Crippen LogP contribution in [-0.4, -0.2) is 39.6 Å². The molecule has 0 unspecified atom stereocenters. The van der Waals surface area contributed by atoms with Gasteiger partial charge in [0.15, 0.2) is 5.65 Å². The number of benzene rings is 2. The molecule has 2 heterocycles. The second-order valence-electron chi connectivity index (χ2n) is 7.38. The summed E-state index contributed by atoms with van der Waals surface area (Å²) in [6, 6.07) is 18.2. The highest BCUT2D eigenvalue weighted by molar-refractivity contribution is 9.10. The van der Waals surface area contributed by atoms with E-state index in [1.165, 1.54) is 5.56 Å².